The molecule has 0 saturated carbocycles. The summed E-state index contributed by atoms with van der Waals surface area (Å²) in [6, 6.07) is 4.14. The lowest BCUT2D eigenvalue weighted by Gasteiger charge is -2.24. The summed E-state index contributed by atoms with van der Waals surface area (Å²) in [6.45, 7) is 8.64. The molecule has 0 saturated heterocycles. The number of carbonyl (C=O) groups is 1. The van der Waals surface area contributed by atoms with Crippen molar-refractivity contribution in [3.8, 4) is 0 Å². The van der Waals surface area contributed by atoms with Crippen LogP contribution in [0.15, 0.2) is 18.3 Å². The minimum atomic E-state index is -0.157. The van der Waals surface area contributed by atoms with Crippen LogP contribution in [0.4, 0.5) is 0 Å². The number of carbonyl (C=O) groups excluding carboxylic acids is 1. The number of aromatic nitrogens is 1. The summed E-state index contributed by atoms with van der Waals surface area (Å²) in [5.74, 6) is 0.0580. The minimum Gasteiger partial charge on any atom is -0.353 e. The molecule has 1 atom stereocenters. The summed E-state index contributed by atoms with van der Waals surface area (Å²) >= 11 is 0. The van der Waals surface area contributed by atoms with Gasteiger partial charge in [-0.15, -0.1) is 0 Å². The fourth-order valence-corrected chi connectivity index (χ4v) is 1.76. The molecule has 4 nitrogen and oxygen atoms in total. The van der Waals surface area contributed by atoms with Crippen molar-refractivity contribution < 1.29 is 4.79 Å². The Hall–Kier alpha value is -1.42. The van der Waals surface area contributed by atoms with Crippen molar-refractivity contribution >= 4 is 5.91 Å². The molecule has 0 aromatic carbocycles. The van der Waals surface area contributed by atoms with E-state index in [9.17, 15) is 4.79 Å². The van der Waals surface area contributed by atoms with Crippen LogP contribution in [0.5, 0.6) is 0 Å². The third kappa shape index (κ3) is 4.99. The van der Waals surface area contributed by atoms with Gasteiger partial charge in [0.15, 0.2) is 0 Å². The Balaban J connectivity index is 2.57. The van der Waals surface area contributed by atoms with Gasteiger partial charge in [0.05, 0.1) is 11.7 Å². The number of rotatable bonds is 6. The lowest BCUT2D eigenvalue weighted by molar-refractivity contribution is -0.126. The molecule has 1 aromatic rings. The topological polar surface area (TPSA) is 45.2 Å². The third-order valence-electron chi connectivity index (χ3n) is 3.18. The number of hydrogen-bond donors (Lipinski definition) is 1. The predicted octanol–water partition coefficient (Wildman–Crippen LogP) is 1.99. The van der Waals surface area contributed by atoms with E-state index >= 15 is 0 Å². The van der Waals surface area contributed by atoms with Crippen LogP contribution in [0.2, 0.25) is 0 Å². The molecule has 1 N–H and O–H groups in total. The summed E-state index contributed by atoms with van der Waals surface area (Å²) in [4.78, 5) is 18.3. The van der Waals surface area contributed by atoms with Gasteiger partial charge in [0, 0.05) is 18.8 Å². The molecule has 0 aliphatic carbocycles. The molecule has 0 radical (unpaired) electrons. The SMILES string of the molecule is CCc1ccc(CN(C)C(C)C(=O)NC(C)C)nc1. The van der Waals surface area contributed by atoms with Gasteiger partial charge in [-0.2, -0.15) is 0 Å². The quantitative estimate of drug-likeness (QED) is 0.853. The van der Waals surface area contributed by atoms with Crippen molar-refractivity contribution in [3.05, 3.63) is 29.6 Å². The Morgan fingerprint density at radius 3 is 2.53 bits per heavy atom. The Morgan fingerprint density at radius 1 is 1.37 bits per heavy atom. The van der Waals surface area contributed by atoms with E-state index in [0.717, 1.165) is 12.1 Å². The molecule has 0 spiro atoms. The number of aryl methyl sites for hydroxylation is 1. The van der Waals surface area contributed by atoms with Crippen molar-refractivity contribution in [1.29, 1.82) is 0 Å². The van der Waals surface area contributed by atoms with Crippen molar-refractivity contribution in [1.82, 2.24) is 15.2 Å². The van der Waals surface area contributed by atoms with Gasteiger partial charge < -0.3 is 5.32 Å². The molecule has 0 bridgehead atoms. The van der Waals surface area contributed by atoms with Crippen LogP contribution in [0.25, 0.3) is 0 Å². The normalized spacial score (nSPS) is 12.8. The molecule has 1 amide bonds. The number of nitrogens with one attached hydrogen (secondary N) is 1. The van der Waals surface area contributed by atoms with Crippen molar-refractivity contribution in [3.63, 3.8) is 0 Å². The van der Waals surface area contributed by atoms with Crippen LogP contribution >= 0.6 is 0 Å². The molecule has 0 aliphatic rings. The highest BCUT2D eigenvalue weighted by Gasteiger charge is 2.18. The summed E-state index contributed by atoms with van der Waals surface area (Å²) in [5.41, 5.74) is 2.22. The summed E-state index contributed by atoms with van der Waals surface area (Å²) in [5, 5.41) is 2.93. The van der Waals surface area contributed by atoms with E-state index in [1.165, 1.54) is 5.56 Å². The van der Waals surface area contributed by atoms with Gasteiger partial charge in [-0.25, -0.2) is 0 Å². The monoisotopic (exact) mass is 263 g/mol. The molecular formula is C15H25N3O. The standard InChI is InChI=1S/C15H25N3O/c1-6-13-7-8-14(16-9-13)10-18(5)12(4)15(19)17-11(2)3/h7-9,11-12H,6,10H2,1-5H3,(H,17,19). The van der Waals surface area contributed by atoms with Crippen molar-refractivity contribution in [2.75, 3.05) is 7.05 Å². The highest BCUT2D eigenvalue weighted by atomic mass is 16.2. The molecule has 106 valence electrons. The first-order valence-electron chi connectivity index (χ1n) is 6.88. The first-order chi connectivity index (χ1) is 8.93. The van der Waals surface area contributed by atoms with Gasteiger partial charge in [-0.1, -0.05) is 13.0 Å². The number of hydrogen-bond acceptors (Lipinski definition) is 3. The molecule has 4 heteroatoms. The molecular weight excluding hydrogens is 238 g/mol. The molecule has 1 aromatic heterocycles. The Kier molecular flexibility index (Phi) is 5.96. The van der Waals surface area contributed by atoms with Crippen LogP contribution in [0.3, 0.4) is 0 Å². The Bertz CT molecular complexity index is 400. The average Bonchev–Trinajstić information content (AvgIpc) is 2.37. The third-order valence-corrected chi connectivity index (χ3v) is 3.18. The van der Waals surface area contributed by atoms with Gasteiger partial charge in [-0.3, -0.25) is 14.7 Å². The van der Waals surface area contributed by atoms with E-state index in [-0.39, 0.29) is 18.0 Å². The van der Waals surface area contributed by atoms with E-state index < -0.39 is 0 Å². The molecule has 1 heterocycles. The lowest BCUT2D eigenvalue weighted by atomic mass is 10.2. The van der Waals surface area contributed by atoms with E-state index in [0.29, 0.717) is 6.54 Å². The largest absolute Gasteiger partial charge is 0.353 e. The molecule has 19 heavy (non-hydrogen) atoms. The zero-order valence-electron chi connectivity index (χ0n) is 12.6. The minimum absolute atomic E-state index is 0.0580. The van der Waals surface area contributed by atoms with E-state index in [4.69, 9.17) is 0 Å². The number of likely N-dealkylation sites (N-methyl/N-ethyl adjacent to an activating group) is 1. The summed E-state index contributed by atoms with van der Waals surface area (Å²) in [7, 11) is 1.94. The van der Waals surface area contributed by atoms with Crippen molar-refractivity contribution in [2.24, 2.45) is 0 Å². The first-order valence-corrected chi connectivity index (χ1v) is 6.88. The van der Waals surface area contributed by atoms with Gasteiger partial charge in [0.25, 0.3) is 0 Å². The van der Waals surface area contributed by atoms with Gasteiger partial charge >= 0.3 is 0 Å². The second-order valence-corrected chi connectivity index (χ2v) is 5.27. The maximum absolute atomic E-state index is 11.9. The maximum Gasteiger partial charge on any atom is 0.237 e. The molecule has 0 fully saturated rings. The highest BCUT2D eigenvalue weighted by Crippen LogP contribution is 2.06. The smallest absolute Gasteiger partial charge is 0.237 e. The predicted molar refractivity (Wildman–Crippen MR) is 77.8 cm³/mol. The van der Waals surface area contributed by atoms with E-state index in [1.54, 1.807) is 0 Å². The molecule has 1 rings (SSSR count). The zero-order valence-corrected chi connectivity index (χ0v) is 12.6. The number of pyridine rings is 1. The number of amides is 1. The van der Waals surface area contributed by atoms with Crippen LogP contribution in [0.1, 0.15) is 39.0 Å². The summed E-state index contributed by atoms with van der Waals surface area (Å²) in [6.07, 6.45) is 2.90. The van der Waals surface area contributed by atoms with Gasteiger partial charge in [-0.05, 0) is 45.9 Å². The van der Waals surface area contributed by atoms with Crippen LogP contribution < -0.4 is 5.32 Å². The van der Waals surface area contributed by atoms with Gasteiger partial charge in [0.2, 0.25) is 5.91 Å². The second-order valence-electron chi connectivity index (χ2n) is 5.27. The molecule has 0 aliphatic heterocycles. The highest BCUT2D eigenvalue weighted by molar-refractivity contribution is 5.81. The number of nitrogens with zero attached hydrogens (tertiary/aromatic N) is 2. The summed E-state index contributed by atoms with van der Waals surface area (Å²) < 4.78 is 0. The average molecular weight is 263 g/mol. The van der Waals surface area contributed by atoms with E-state index in [1.807, 2.05) is 45.0 Å². The first kappa shape index (κ1) is 15.6. The molecule has 1 unspecified atom stereocenters. The maximum atomic E-state index is 11.9. The van der Waals surface area contributed by atoms with Crippen molar-refractivity contribution in [2.45, 2.75) is 52.7 Å². The zero-order chi connectivity index (χ0) is 14.4. The van der Waals surface area contributed by atoms with Gasteiger partial charge in [0.1, 0.15) is 0 Å². The fourth-order valence-electron chi connectivity index (χ4n) is 1.76. The Morgan fingerprint density at radius 2 is 2.05 bits per heavy atom. The van der Waals surface area contributed by atoms with E-state index in [2.05, 4.69) is 23.3 Å². The van der Waals surface area contributed by atoms with Crippen LogP contribution in [-0.2, 0) is 17.8 Å². The second kappa shape index (κ2) is 7.24. The van der Waals surface area contributed by atoms with Crippen LogP contribution in [-0.4, -0.2) is 34.9 Å². The Labute approximate surface area is 116 Å². The van der Waals surface area contributed by atoms with Crippen LogP contribution in [0, 0.1) is 0 Å². The fraction of sp³-hybridized carbons (Fsp3) is 0.600. The lowest BCUT2D eigenvalue weighted by Crippen LogP contribution is -2.45.